The van der Waals surface area contributed by atoms with Crippen LogP contribution < -0.4 is 10.1 Å². The summed E-state index contributed by atoms with van der Waals surface area (Å²) in [6.07, 6.45) is 1.16. The summed E-state index contributed by atoms with van der Waals surface area (Å²) in [5.74, 6) is 0.982. The lowest BCUT2D eigenvalue weighted by Gasteiger charge is -2.40. The Bertz CT molecular complexity index is 392. The molecule has 2 aliphatic rings. The number of benzene rings is 1. The van der Waals surface area contributed by atoms with Crippen molar-refractivity contribution < 1.29 is 4.74 Å². The van der Waals surface area contributed by atoms with Crippen molar-refractivity contribution in [2.24, 2.45) is 0 Å². The maximum atomic E-state index is 5.29. The molecule has 3 heteroatoms. The largest absolute Gasteiger partial charge is 0.497 e. The van der Waals surface area contributed by atoms with Gasteiger partial charge in [0.1, 0.15) is 5.75 Å². The first-order chi connectivity index (χ1) is 7.88. The zero-order chi connectivity index (χ0) is 11.0. The molecule has 1 atom stereocenters. The van der Waals surface area contributed by atoms with Crippen LogP contribution >= 0.6 is 0 Å². The van der Waals surface area contributed by atoms with Gasteiger partial charge in [-0.3, -0.25) is 4.90 Å². The molecule has 16 heavy (non-hydrogen) atoms. The zero-order valence-electron chi connectivity index (χ0n) is 9.70. The third-order valence-electron chi connectivity index (χ3n) is 3.73. The molecule has 0 aliphatic carbocycles. The van der Waals surface area contributed by atoms with Gasteiger partial charge in [0.25, 0.3) is 0 Å². The maximum Gasteiger partial charge on any atom is 0.119 e. The Morgan fingerprint density at radius 2 is 2.31 bits per heavy atom. The fraction of sp³-hybridized carbons (Fsp3) is 0.538. The van der Waals surface area contributed by atoms with E-state index in [0.717, 1.165) is 25.3 Å². The highest BCUT2D eigenvalue weighted by atomic mass is 16.5. The second kappa shape index (κ2) is 4.07. The normalized spacial score (nSPS) is 24.7. The van der Waals surface area contributed by atoms with E-state index in [-0.39, 0.29) is 0 Å². The third kappa shape index (κ3) is 1.60. The number of nitrogens with zero attached hydrogens (tertiary/aromatic N) is 1. The van der Waals surface area contributed by atoms with Crippen LogP contribution in [-0.2, 0) is 6.42 Å². The van der Waals surface area contributed by atoms with Crippen molar-refractivity contribution in [3.63, 3.8) is 0 Å². The highest BCUT2D eigenvalue weighted by molar-refractivity contribution is 5.39. The first-order valence-corrected chi connectivity index (χ1v) is 6.00. The topological polar surface area (TPSA) is 24.5 Å². The number of hydrogen-bond donors (Lipinski definition) is 1. The monoisotopic (exact) mass is 218 g/mol. The van der Waals surface area contributed by atoms with Crippen molar-refractivity contribution >= 4 is 0 Å². The molecule has 2 heterocycles. The second-order valence-corrected chi connectivity index (χ2v) is 4.57. The first kappa shape index (κ1) is 10.1. The van der Waals surface area contributed by atoms with E-state index in [4.69, 9.17) is 4.74 Å². The molecular weight excluding hydrogens is 200 g/mol. The van der Waals surface area contributed by atoms with Crippen LogP contribution in [0.4, 0.5) is 0 Å². The quantitative estimate of drug-likeness (QED) is 0.766. The van der Waals surface area contributed by atoms with Gasteiger partial charge < -0.3 is 10.1 Å². The van der Waals surface area contributed by atoms with Gasteiger partial charge in [0.05, 0.1) is 7.11 Å². The van der Waals surface area contributed by atoms with Gasteiger partial charge in [-0.1, -0.05) is 6.07 Å². The van der Waals surface area contributed by atoms with Crippen LogP contribution in [0.25, 0.3) is 0 Å². The van der Waals surface area contributed by atoms with Gasteiger partial charge in [-0.25, -0.2) is 0 Å². The minimum Gasteiger partial charge on any atom is -0.497 e. The lowest BCUT2D eigenvalue weighted by molar-refractivity contribution is 0.151. The lowest BCUT2D eigenvalue weighted by atomic mass is 9.91. The Kier molecular flexibility index (Phi) is 2.58. The minimum atomic E-state index is 0.573. The number of fused-ring (bicyclic) bond motifs is 3. The number of methoxy groups -OCH3 is 1. The summed E-state index contributed by atoms with van der Waals surface area (Å²) in [5.41, 5.74) is 2.95. The highest BCUT2D eigenvalue weighted by Gasteiger charge is 2.29. The molecule has 1 aromatic rings. The molecule has 2 aliphatic heterocycles. The van der Waals surface area contributed by atoms with E-state index in [0.29, 0.717) is 6.04 Å². The molecule has 0 spiro atoms. The predicted octanol–water partition coefficient (Wildman–Crippen LogP) is 1.20. The molecule has 3 rings (SSSR count). The van der Waals surface area contributed by atoms with E-state index in [1.54, 1.807) is 7.11 Å². The summed E-state index contributed by atoms with van der Waals surface area (Å²) in [6, 6.07) is 7.08. The van der Waals surface area contributed by atoms with Crippen LogP contribution in [0.15, 0.2) is 18.2 Å². The maximum absolute atomic E-state index is 5.29. The molecule has 0 bridgehead atoms. The summed E-state index contributed by atoms with van der Waals surface area (Å²) in [7, 11) is 1.74. The van der Waals surface area contributed by atoms with Crippen LogP contribution in [0.3, 0.4) is 0 Å². The molecular formula is C13H18N2O. The molecule has 1 saturated heterocycles. The molecule has 1 unspecified atom stereocenters. The van der Waals surface area contributed by atoms with E-state index >= 15 is 0 Å². The number of nitrogens with one attached hydrogen (secondary N) is 1. The number of ether oxygens (including phenoxy) is 1. The summed E-state index contributed by atoms with van der Waals surface area (Å²) in [4.78, 5) is 2.59. The van der Waals surface area contributed by atoms with Gasteiger partial charge in [-0.05, 0) is 29.7 Å². The second-order valence-electron chi connectivity index (χ2n) is 4.57. The molecule has 0 amide bonds. The lowest BCUT2D eigenvalue weighted by Crippen LogP contribution is -2.48. The van der Waals surface area contributed by atoms with Crippen molar-refractivity contribution in [1.82, 2.24) is 10.2 Å². The van der Waals surface area contributed by atoms with Gasteiger partial charge in [0.2, 0.25) is 0 Å². The van der Waals surface area contributed by atoms with Gasteiger partial charge >= 0.3 is 0 Å². The van der Waals surface area contributed by atoms with E-state index in [2.05, 4.69) is 28.4 Å². The Hall–Kier alpha value is -1.06. The summed E-state index contributed by atoms with van der Waals surface area (Å²) in [5, 5.41) is 3.48. The van der Waals surface area contributed by atoms with E-state index in [1.807, 2.05) is 0 Å². The molecule has 86 valence electrons. The van der Waals surface area contributed by atoms with Crippen molar-refractivity contribution in [3.05, 3.63) is 29.3 Å². The van der Waals surface area contributed by atoms with Gasteiger partial charge in [0.15, 0.2) is 0 Å². The predicted molar refractivity (Wildman–Crippen MR) is 63.9 cm³/mol. The molecule has 1 N–H and O–H groups in total. The fourth-order valence-electron chi connectivity index (χ4n) is 2.84. The summed E-state index contributed by atoms with van der Waals surface area (Å²) in [6.45, 7) is 4.57. The van der Waals surface area contributed by atoms with Crippen LogP contribution in [0.5, 0.6) is 5.75 Å². The Labute approximate surface area is 96.4 Å². The van der Waals surface area contributed by atoms with E-state index < -0.39 is 0 Å². The summed E-state index contributed by atoms with van der Waals surface area (Å²) >= 11 is 0. The third-order valence-corrected chi connectivity index (χ3v) is 3.73. The van der Waals surface area contributed by atoms with Crippen molar-refractivity contribution in [2.45, 2.75) is 12.5 Å². The van der Waals surface area contributed by atoms with Crippen LogP contribution in [0.1, 0.15) is 17.2 Å². The molecule has 0 aromatic heterocycles. The number of piperazine rings is 1. The zero-order valence-corrected chi connectivity index (χ0v) is 9.70. The van der Waals surface area contributed by atoms with E-state index in [1.165, 1.54) is 24.2 Å². The van der Waals surface area contributed by atoms with Gasteiger partial charge in [0, 0.05) is 32.2 Å². The average molecular weight is 218 g/mol. The molecule has 0 radical (unpaired) electrons. The molecule has 0 saturated carbocycles. The summed E-state index contributed by atoms with van der Waals surface area (Å²) < 4.78 is 5.29. The Balaban J connectivity index is 1.96. The van der Waals surface area contributed by atoms with Gasteiger partial charge in [-0.15, -0.1) is 0 Å². The average Bonchev–Trinajstić information content (AvgIpc) is 2.38. The number of rotatable bonds is 1. The van der Waals surface area contributed by atoms with Crippen LogP contribution in [0, 0.1) is 0 Å². The first-order valence-electron chi connectivity index (χ1n) is 6.00. The molecule has 3 nitrogen and oxygen atoms in total. The molecule has 1 fully saturated rings. The SMILES string of the molecule is COc1ccc2c(c1)CCN1CCNCC21. The smallest absolute Gasteiger partial charge is 0.119 e. The number of hydrogen-bond acceptors (Lipinski definition) is 3. The standard InChI is InChI=1S/C13H18N2O/c1-16-11-2-3-12-10(8-11)4-6-15-7-5-14-9-13(12)15/h2-3,8,13-14H,4-7,9H2,1H3. The van der Waals surface area contributed by atoms with Crippen LogP contribution in [0.2, 0.25) is 0 Å². The van der Waals surface area contributed by atoms with Crippen molar-refractivity contribution in [3.8, 4) is 5.75 Å². The fourth-order valence-corrected chi connectivity index (χ4v) is 2.84. The van der Waals surface area contributed by atoms with Gasteiger partial charge in [-0.2, -0.15) is 0 Å². The van der Waals surface area contributed by atoms with Crippen molar-refractivity contribution in [1.29, 1.82) is 0 Å². The Morgan fingerprint density at radius 1 is 1.38 bits per heavy atom. The Morgan fingerprint density at radius 3 is 3.19 bits per heavy atom. The highest BCUT2D eigenvalue weighted by Crippen LogP contribution is 2.32. The van der Waals surface area contributed by atoms with Crippen molar-refractivity contribution in [2.75, 3.05) is 33.3 Å². The van der Waals surface area contributed by atoms with E-state index in [9.17, 15) is 0 Å². The minimum absolute atomic E-state index is 0.573. The molecule has 1 aromatic carbocycles. The van der Waals surface area contributed by atoms with Crippen LogP contribution in [-0.4, -0.2) is 38.2 Å².